The lowest BCUT2D eigenvalue weighted by molar-refractivity contribution is -0.282. The van der Waals surface area contributed by atoms with Crippen LogP contribution < -0.4 is 5.32 Å². The molecule has 7 nitrogen and oxygen atoms in total. The van der Waals surface area contributed by atoms with E-state index in [1.807, 2.05) is 0 Å². The van der Waals surface area contributed by atoms with Crippen molar-refractivity contribution in [2.75, 3.05) is 40.4 Å². The van der Waals surface area contributed by atoms with Crippen LogP contribution in [0.2, 0.25) is 0 Å². The lowest BCUT2D eigenvalue weighted by Crippen LogP contribution is -2.66. The third kappa shape index (κ3) is 6.67. The van der Waals surface area contributed by atoms with E-state index in [0.29, 0.717) is 49.3 Å². The standard InChI is InChI=1S/C46H70N2O5/c1-11-27-48(29-39(49)51-9)28-26-47-41(50)46-23-18-34(31(2)3)40(46)36-16-17-38-43(6)21-19-35(33-14-12-32(13-15-33)30-53-52-10)42(4,5)37(43)20-22-45(38,8)44(36,7)24-25-46/h12-15,19,34,36-38,40H,2,11,16-18,20-30H2,1,3-10H3,(H,47,50)/t34-,36+,37-,38+,40+,43-,44+,45+,46-/m0/s1. The third-order valence-electron chi connectivity index (χ3n) is 16.5. The minimum Gasteiger partial charge on any atom is -0.468 e. The summed E-state index contributed by atoms with van der Waals surface area (Å²) in [5.41, 5.74) is 5.54. The molecule has 0 radical (unpaired) electrons. The Morgan fingerprint density at radius 1 is 0.906 bits per heavy atom. The molecule has 6 rings (SSSR count). The molecule has 0 spiro atoms. The molecule has 5 aliphatic rings. The van der Waals surface area contributed by atoms with Crippen LogP contribution in [0.25, 0.3) is 5.57 Å². The zero-order valence-corrected chi connectivity index (χ0v) is 34.6. The zero-order chi connectivity index (χ0) is 38.4. The summed E-state index contributed by atoms with van der Waals surface area (Å²) in [6.07, 6.45) is 13.7. The maximum absolute atomic E-state index is 14.6. The highest BCUT2D eigenvalue weighted by molar-refractivity contribution is 5.84. The number of benzene rings is 1. The molecule has 4 saturated carbocycles. The molecule has 9 atom stereocenters. The van der Waals surface area contributed by atoms with Crippen LogP contribution >= 0.6 is 0 Å². The monoisotopic (exact) mass is 731 g/mol. The second kappa shape index (κ2) is 15.2. The Labute approximate surface area is 321 Å². The van der Waals surface area contributed by atoms with Gasteiger partial charge < -0.3 is 10.1 Å². The van der Waals surface area contributed by atoms with Crippen molar-refractivity contribution < 1.29 is 24.1 Å². The molecule has 0 saturated heterocycles. The predicted octanol–water partition coefficient (Wildman–Crippen LogP) is 9.42. The Balaban J connectivity index is 1.25. The number of methoxy groups -OCH3 is 1. The third-order valence-corrected chi connectivity index (χ3v) is 16.5. The van der Waals surface area contributed by atoms with Gasteiger partial charge in [0.2, 0.25) is 5.91 Å². The molecular weight excluding hydrogens is 661 g/mol. The van der Waals surface area contributed by atoms with E-state index < -0.39 is 0 Å². The molecule has 1 aromatic rings. The van der Waals surface area contributed by atoms with Gasteiger partial charge in [-0.3, -0.25) is 14.5 Å². The van der Waals surface area contributed by atoms with Gasteiger partial charge in [0, 0.05) is 13.1 Å². The van der Waals surface area contributed by atoms with Gasteiger partial charge in [-0.15, -0.1) is 0 Å². The van der Waals surface area contributed by atoms with Crippen LogP contribution in [-0.2, 0) is 30.7 Å². The van der Waals surface area contributed by atoms with Crippen LogP contribution in [0.4, 0.5) is 0 Å². The van der Waals surface area contributed by atoms with Crippen molar-refractivity contribution >= 4 is 17.4 Å². The van der Waals surface area contributed by atoms with Gasteiger partial charge in [0.05, 0.1) is 26.2 Å². The Morgan fingerprint density at radius 2 is 1.64 bits per heavy atom. The van der Waals surface area contributed by atoms with Gasteiger partial charge in [-0.25, -0.2) is 9.78 Å². The van der Waals surface area contributed by atoms with Crippen LogP contribution in [0.5, 0.6) is 0 Å². The van der Waals surface area contributed by atoms with E-state index >= 15 is 0 Å². The van der Waals surface area contributed by atoms with Crippen molar-refractivity contribution in [2.45, 2.75) is 119 Å². The average Bonchev–Trinajstić information content (AvgIpc) is 3.52. The van der Waals surface area contributed by atoms with Crippen molar-refractivity contribution in [3.05, 3.63) is 53.6 Å². The first-order chi connectivity index (χ1) is 25.1. The van der Waals surface area contributed by atoms with Crippen LogP contribution in [0, 0.1) is 56.7 Å². The molecule has 1 amide bonds. The number of hydrogen-bond acceptors (Lipinski definition) is 6. The number of rotatable bonds is 13. The lowest BCUT2D eigenvalue weighted by atomic mass is 9.32. The number of allylic oxidation sites excluding steroid dienone is 3. The van der Waals surface area contributed by atoms with Gasteiger partial charge in [-0.05, 0) is 146 Å². The molecular formula is C46H70N2O5. The van der Waals surface area contributed by atoms with E-state index in [4.69, 9.17) is 14.5 Å². The summed E-state index contributed by atoms with van der Waals surface area (Å²) in [4.78, 5) is 38.8. The molecule has 4 fully saturated rings. The SMILES string of the molecule is C=C(C)[C@@H]1CC[C@]2(C(=O)NCCN(CCC)CC(=O)OC)CC[C@]3(C)[C@H](CC[C@@H]4[C@@]5(C)CC=C(c6ccc(COOC)cc6)C(C)(C)[C@@H]5CC[C@]43C)[C@@H]12. The molecule has 1 aromatic carbocycles. The van der Waals surface area contributed by atoms with Crippen molar-refractivity contribution in [3.8, 4) is 0 Å². The number of hydrogen-bond donors (Lipinski definition) is 1. The number of carbonyl (C=O) groups is 2. The molecule has 5 aliphatic carbocycles. The molecule has 7 heteroatoms. The molecule has 294 valence electrons. The molecule has 53 heavy (non-hydrogen) atoms. The van der Waals surface area contributed by atoms with E-state index in [1.54, 1.807) is 7.11 Å². The van der Waals surface area contributed by atoms with Crippen LogP contribution in [0.15, 0.2) is 42.5 Å². The quantitative estimate of drug-likeness (QED) is 0.0944. The van der Waals surface area contributed by atoms with E-state index in [0.717, 1.165) is 50.6 Å². The number of ether oxygens (including phenoxy) is 1. The summed E-state index contributed by atoms with van der Waals surface area (Å²) >= 11 is 0. The Bertz CT molecular complexity index is 1550. The topological polar surface area (TPSA) is 77.1 Å². The summed E-state index contributed by atoms with van der Waals surface area (Å²) in [5, 5.41) is 3.43. The summed E-state index contributed by atoms with van der Waals surface area (Å²) < 4.78 is 4.94. The van der Waals surface area contributed by atoms with Crippen LogP contribution in [0.1, 0.15) is 124 Å². The van der Waals surface area contributed by atoms with Crippen LogP contribution in [0.3, 0.4) is 0 Å². The first kappa shape index (κ1) is 40.2. The predicted molar refractivity (Wildman–Crippen MR) is 212 cm³/mol. The normalized spacial score (nSPS) is 37.1. The Hall–Kier alpha value is -2.48. The van der Waals surface area contributed by atoms with Gasteiger partial charge >= 0.3 is 5.97 Å². The van der Waals surface area contributed by atoms with Gasteiger partial charge in [0.1, 0.15) is 6.61 Å². The molecule has 0 bridgehead atoms. The van der Waals surface area contributed by atoms with E-state index in [2.05, 4.69) is 95.6 Å². The number of fused-ring (bicyclic) bond motifs is 7. The fourth-order valence-corrected chi connectivity index (χ4v) is 13.9. The number of nitrogens with one attached hydrogen (secondary N) is 1. The fraction of sp³-hybridized carbons (Fsp3) is 0.739. The number of nitrogens with zero attached hydrogens (tertiary/aromatic N) is 1. The van der Waals surface area contributed by atoms with E-state index in [-0.39, 0.29) is 45.5 Å². The summed E-state index contributed by atoms with van der Waals surface area (Å²) in [7, 11) is 2.99. The summed E-state index contributed by atoms with van der Waals surface area (Å²) in [5.74, 6) is 2.50. The Kier molecular flexibility index (Phi) is 11.5. The maximum Gasteiger partial charge on any atom is 0.319 e. The summed E-state index contributed by atoms with van der Waals surface area (Å²) in [6.45, 7) is 24.6. The van der Waals surface area contributed by atoms with Crippen molar-refractivity contribution in [1.29, 1.82) is 0 Å². The molecule has 1 N–H and O–H groups in total. The van der Waals surface area contributed by atoms with Gasteiger partial charge in [0.15, 0.2) is 0 Å². The largest absolute Gasteiger partial charge is 0.468 e. The molecule has 0 heterocycles. The number of esters is 1. The highest BCUT2D eigenvalue weighted by atomic mass is 17.2. The van der Waals surface area contributed by atoms with Gasteiger partial charge in [-0.1, -0.05) is 84.0 Å². The van der Waals surface area contributed by atoms with Gasteiger partial charge in [0.25, 0.3) is 0 Å². The second-order valence-electron chi connectivity index (χ2n) is 19.1. The van der Waals surface area contributed by atoms with E-state index in [1.165, 1.54) is 49.5 Å². The lowest BCUT2D eigenvalue weighted by Gasteiger charge is -2.72. The highest BCUT2D eigenvalue weighted by Crippen LogP contribution is 2.77. The summed E-state index contributed by atoms with van der Waals surface area (Å²) in [6, 6.07) is 8.90. The van der Waals surface area contributed by atoms with Crippen molar-refractivity contribution in [3.63, 3.8) is 0 Å². The van der Waals surface area contributed by atoms with Crippen molar-refractivity contribution in [2.24, 2.45) is 56.7 Å². The fourth-order valence-electron chi connectivity index (χ4n) is 13.9. The molecule has 0 unspecified atom stereocenters. The maximum atomic E-state index is 14.6. The molecule has 0 aromatic heterocycles. The first-order valence-electron chi connectivity index (χ1n) is 20.8. The first-order valence-corrected chi connectivity index (χ1v) is 20.8. The average molecular weight is 731 g/mol. The zero-order valence-electron chi connectivity index (χ0n) is 34.6. The Morgan fingerprint density at radius 3 is 2.30 bits per heavy atom. The van der Waals surface area contributed by atoms with E-state index in [9.17, 15) is 9.59 Å². The smallest absolute Gasteiger partial charge is 0.319 e. The van der Waals surface area contributed by atoms with Gasteiger partial charge in [-0.2, -0.15) is 0 Å². The second-order valence-corrected chi connectivity index (χ2v) is 19.1. The van der Waals surface area contributed by atoms with Crippen molar-refractivity contribution in [1.82, 2.24) is 10.2 Å². The number of amides is 1. The number of carbonyl (C=O) groups excluding carboxylic acids is 2. The minimum absolute atomic E-state index is 0.0660. The minimum atomic E-state index is -0.342. The highest BCUT2D eigenvalue weighted by Gasteiger charge is 2.71. The van der Waals surface area contributed by atoms with Crippen LogP contribution in [-0.4, -0.2) is 57.2 Å². The molecule has 0 aliphatic heterocycles.